The third kappa shape index (κ3) is 3.95. The quantitative estimate of drug-likeness (QED) is 0.901. The van der Waals surface area contributed by atoms with E-state index in [1.165, 1.54) is 19.3 Å². The van der Waals surface area contributed by atoms with Gasteiger partial charge in [-0.15, -0.1) is 0 Å². The Hall–Kier alpha value is -2.33. The molecule has 126 valence electrons. The van der Waals surface area contributed by atoms with Gasteiger partial charge < -0.3 is 15.0 Å². The van der Waals surface area contributed by atoms with Gasteiger partial charge in [0.2, 0.25) is 0 Å². The Balaban J connectivity index is 1.74. The van der Waals surface area contributed by atoms with E-state index in [9.17, 15) is 4.79 Å². The number of nitrogens with zero attached hydrogens (tertiary/aromatic N) is 1. The highest BCUT2D eigenvalue weighted by Gasteiger charge is 2.16. The van der Waals surface area contributed by atoms with Crippen molar-refractivity contribution in [3.05, 3.63) is 59.7 Å². The monoisotopic (exact) mass is 324 g/mol. The molecule has 0 aliphatic carbocycles. The number of amides is 1. The zero-order valence-corrected chi connectivity index (χ0v) is 14.1. The molecule has 1 heterocycles. The van der Waals surface area contributed by atoms with Gasteiger partial charge in [-0.05, 0) is 49.1 Å². The maximum atomic E-state index is 12.6. The molecule has 0 unspecified atom stereocenters. The van der Waals surface area contributed by atoms with Gasteiger partial charge in [0.1, 0.15) is 0 Å². The van der Waals surface area contributed by atoms with Gasteiger partial charge in [-0.3, -0.25) is 4.79 Å². The average molecular weight is 324 g/mol. The van der Waals surface area contributed by atoms with Gasteiger partial charge in [0.05, 0.1) is 18.0 Å². The van der Waals surface area contributed by atoms with Crippen LogP contribution >= 0.6 is 0 Å². The number of rotatable bonds is 5. The van der Waals surface area contributed by atoms with Crippen molar-refractivity contribution in [1.82, 2.24) is 0 Å². The van der Waals surface area contributed by atoms with Gasteiger partial charge in [0.25, 0.3) is 5.91 Å². The molecule has 2 aromatic rings. The molecular formula is C20H24N2O2. The van der Waals surface area contributed by atoms with Crippen molar-refractivity contribution in [1.29, 1.82) is 0 Å². The van der Waals surface area contributed by atoms with Gasteiger partial charge >= 0.3 is 0 Å². The molecule has 1 amide bonds. The molecule has 2 aromatic carbocycles. The standard InChI is InChI=1S/C20H24N2O2/c1-24-15-16-9-11-17(12-10-16)20(23)21-18-7-3-4-8-19(18)22-13-5-2-6-14-22/h3-4,7-12H,2,5-6,13-15H2,1H3,(H,21,23). The van der Waals surface area contributed by atoms with Crippen LogP contribution in [0.3, 0.4) is 0 Å². The number of ether oxygens (including phenoxy) is 1. The Kier molecular flexibility index (Phi) is 5.49. The fourth-order valence-corrected chi connectivity index (χ4v) is 3.10. The Labute approximate surface area is 143 Å². The predicted molar refractivity (Wildman–Crippen MR) is 97.6 cm³/mol. The molecule has 4 nitrogen and oxygen atoms in total. The second kappa shape index (κ2) is 7.97. The largest absolute Gasteiger partial charge is 0.380 e. The molecule has 1 aliphatic heterocycles. The Morgan fingerprint density at radius 2 is 1.75 bits per heavy atom. The SMILES string of the molecule is COCc1ccc(C(=O)Nc2ccccc2N2CCCCC2)cc1. The summed E-state index contributed by atoms with van der Waals surface area (Å²) in [5.74, 6) is -0.0802. The molecule has 0 saturated carbocycles. The number of carbonyl (C=O) groups excluding carboxylic acids is 1. The third-order valence-electron chi connectivity index (χ3n) is 4.38. The van der Waals surface area contributed by atoms with Gasteiger partial charge in [-0.1, -0.05) is 24.3 Å². The van der Waals surface area contributed by atoms with Crippen molar-refractivity contribution >= 4 is 17.3 Å². The van der Waals surface area contributed by atoms with Crippen LogP contribution in [0.15, 0.2) is 48.5 Å². The first-order valence-electron chi connectivity index (χ1n) is 8.51. The summed E-state index contributed by atoms with van der Waals surface area (Å²) in [6, 6.07) is 15.6. The third-order valence-corrected chi connectivity index (χ3v) is 4.38. The van der Waals surface area contributed by atoms with E-state index in [2.05, 4.69) is 16.3 Å². The first kappa shape index (κ1) is 16.5. The average Bonchev–Trinajstić information content (AvgIpc) is 2.64. The van der Waals surface area contributed by atoms with Crippen LogP contribution in [-0.2, 0) is 11.3 Å². The molecule has 1 N–H and O–H groups in total. The molecule has 1 aliphatic rings. The summed E-state index contributed by atoms with van der Waals surface area (Å²) in [6.45, 7) is 2.66. The van der Waals surface area contributed by atoms with E-state index in [4.69, 9.17) is 4.74 Å². The van der Waals surface area contributed by atoms with Crippen molar-refractivity contribution in [3.8, 4) is 0 Å². The molecule has 0 radical (unpaired) electrons. The lowest BCUT2D eigenvalue weighted by Crippen LogP contribution is -2.30. The molecule has 0 spiro atoms. The minimum atomic E-state index is -0.0802. The van der Waals surface area contributed by atoms with Crippen LogP contribution in [-0.4, -0.2) is 26.1 Å². The van der Waals surface area contributed by atoms with E-state index >= 15 is 0 Å². The van der Waals surface area contributed by atoms with Crippen LogP contribution in [0.1, 0.15) is 35.2 Å². The highest BCUT2D eigenvalue weighted by molar-refractivity contribution is 6.06. The van der Waals surface area contributed by atoms with Crippen LogP contribution in [0.5, 0.6) is 0 Å². The van der Waals surface area contributed by atoms with E-state index in [0.29, 0.717) is 12.2 Å². The highest BCUT2D eigenvalue weighted by Crippen LogP contribution is 2.28. The normalized spacial score (nSPS) is 14.5. The molecule has 1 saturated heterocycles. The zero-order valence-electron chi connectivity index (χ0n) is 14.1. The topological polar surface area (TPSA) is 41.6 Å². The summed E-state index contributed by atoms with van der Waals surface area (Å²) in [7, 11) is 1.66. The number of para-hydroxylation sites is 2. The maximum Gasteiger partial charge on any atom is 0.255 e. The van der Waals surface area contributed by atoms with Crippen LogP contribution in [0.25, 0.3) is 0 Å². The lowest BCUT2D eigenvalue weighted by molar-refractivity contribution is 0.102. The first-order chi connectivity index (χ1) is 11.8. The molecule has 24 heavy (non-hydrogen) atoms. The molecule has 1 fully saturated rings. The smallest absolute Gasteiger partial charge is 0.255 e. The van der Waals surface area contributed by atoms with Gasteiger partial charge in [0, 0.05) is 25.8 Å². The van der Waals surface area contributed by atoms with Crippen molar-refractivity contribution < 1.29 is 9.53 Å². The summed E-state index contributed by atoms with van der Waals surface area (Å²) in [5.41, 5.74) is 3.71. The van der Waals surface area contributed by atoms with Crippen molar-refractivity contribution in [2.45, 2.75) is 25.9 Å². The number of hydrogen-bond acceptors (Lipinski definition) is 3. The van der Waals surface area contributed by atoms with Gasteiger partial charge in [-0.2, -0.15) is 0 Å². The van der Waals surface area contributed by atoms with E-state index in [0.717, 1.165) is 30.0 Å². The van der Waals surface area contributed by atoms with Crippen LogP contribution < -0.4 is 10.2 Å². The van der Waals surface area contributed by atoms with Crippen LogP contribution in [0.4, 0.5) is 11.4 Å². The minimum absolute atomic E-state index is 0.0802. The number of hydrogen-bond donors (Lipinski definition) is 1. The van der Waals surface area contributed by atoms with E-state index in [1.54, 1.807) is 7.11 Å². The van der Waals surface area contributed by atoms with Gasteiger partial charge in [-0.25, -0.2) is 0 Å². The number of anilines is 2. The van der Waals surface area contributed by atoms with Crippen LogP contribution in [0.2, 0.25) is 0 Å². The highest BCUT2D eigenvalue weighted by atomic mass is 16.5. The molecule has 0 aromatic heterocycles. The predicted octanol–water partition coefficient (Wildman–Crippen LogP) is 4.08. The summed E-state index contributed by atoms with van der Waals surface area (Å²) in [6.07, 6.45) is 3.71. The van der Waals surface area contributed by atoms with E-state index in [1.807, 2.05) is 42.5 Å². The Morgan fingerprint density at radius 1 is 1.04 bits per heavy atom. The summed E-state index contributed by atoms with van der Waals surface area (Å²) >= 11 is 0. The summed E-state index contributed by atoms with van der Waals surface area (Å²) in [4.78, 5) is 14.9. The summed E-state index contributed by atoms with van der Waals surface area (Å²) < 4.78 is 5.10. The van der Waals surface area contributed by atoms with Gasteiger partial charge in [0.15, 0.2) is 0 Å². The van der Waals surface area contributed by atoms with E-state index in [-0.39, 0.29) is 5.91 Å². The first-order valence-corrected chi connectivity index (χ1v) is 8.51. The molecule has 0 atom stereocenters. The maximum absolute atomic E-state index is 12.6. The fourth-order valence-electron chi connectivity index (χ4n) is 3.10. The lowest BCUT2D eigenvalue weighted by Gasteiger charge is -2.30. The van der Waals surface area contributed by atoms with Crippen LogP contribution in [0, 0.1) is 0 Å². The number of benzene rings is 2. The molecule has 3 rings (SSSR count). The minimum Gasteiger partial charge on any atom is -0.380 e. The van der Waals surface area contributed by atoms with E-state index < -0.39 is 0 Å². The molecule has 0 bridgehead atoms. The van der Waals surface area contributed by atoms with Crippen molar-refractivity contribution in [2.75, 3.05) is 30.4 Å². The molecular weight excluding hydrogens is 300 g/mol. The fraction of sp³-hybridized carbons (Fsp3) is 0.350. The van der Waals surface area contributed by atoms with Crippen molar-refractivity contribution in [2.24, 2.45) is 0 Å². The second-order valence-electron chi connectivity index (χ2n) is 6.15. The number of carbonyl (C=O) groups is 1. The number of methoxy groups -OCH3 is 1. The zero-order chi connectivity index (χ0) is 16.8. The Bertz CT molecular complexity index is 676. The molecule has 4 heteroatoms. The summed E-state index contributed by atoms with van der Waals surface area (Å²) in [5, 5.41) is 3.06. The number of piperidine rings is 1. The van der Waals surface area contributed by atoms with Crippen molar-refractivity contribution in [3.63, 3.8) is 0 Å². The second-order valence-corrected chi connectivity index (χ2v) is 6.15. The lowest BCUT2D eigenvalue weighted by atomic mass is 10.1. The Morgan fingerprint density at radius 3 is 2.46 bits per heavy atom. The number of nitrogens with one attached hydrogen (secondary N) is 1.